The summed E-state index contributed by atoms with van der Waals surface area (Å²) < 4.78 is 16.6. The van der Waals surface area contributed by atoms with Crippen LogP contribution in [0, 0.1) is 10.1 Å². The summed E-state index contributed by atoms with van der Waals surface area (Å²) in [6.07, 6.45) is -1.08. The minimum Gasteiger partial charge on any atom is -0.426 e. The van der Waals surface area contributed by atoms with Crippen molar-refractivity contribution in [3.05, 3.63) is 128 Å². The number of carbonyl (C=O) groups is 4. The van der Waals surface area contributed by atoms with Crippen LogP contribution in [0.3, 0.4) is 0 Å². The highest BCUT2D eigenvalue weighted by Gasteiger charge is 2.38. The second kappa shape index (κ2) is 14.9. The van der Waals surface area contributed by atoms with Crippen molar-refractivity contribution >= 4 is 97.1 Å². The number of nitrogens with zero attached hydrogens (tertiary/aromatic N) is 3. The van der Waals surface area contributed by atoms with E-state index in [0.717, 1.165) is 38.6 Å². The predicted molar refractivity (Wildman–Crippen MR) is 214 cm³/mol. The van der Waals surface area contributed by atoms with Crippen molar-refractivity contribution in [3.8, 4) is 17.2 Å². The fourth-order valence-corrected chi connectivity index (χ4v) is 8.87. The number of rotatable bonds is 8. The van der Waals surface area contributed by atoms with Crippen molar-refractivity contribution in [2.24, 2.45) is 0 Å². The van der Waals surface area contributed by atoms with Crippen LogP contribution in [0.2, 0.25) is 0 Å². The molecule has 0 fully saturated rings. The molecule has 0 spiro atoms. The number of esters is 1. The number of anilines is 2. The first-order valence-corrected chi connectivity index (χ1v) is 19.2. The third-order valence-electron chi connectivity index (χ3n) is 9.84. The minimum absolute atomic E-state index is 0.0434. The van der Waals surface area contributed by atoms with E-state index in [1.54, 1.807) is 46.2 Å². The van der Waals surface area contributed by atoms with E-state index in [4.69, 9.17) is 37.4 Å². The third kappa shape index (κ3) is 6.57. The lowest BCUT2D eigenvalue weighted by Gasteiger charge is -2.19. The molecule has 0 radical (unpaired) electrons. The maximum absolute atomic E-state index is 14.3. The number of halogens is 2. The Morgan fingerprint density at radius 1 is 0.696 bits per heavy atom. The number of carbonyl (C=O) groups excluding carboxylic acids is 4. The van der Waals surface area contributed by atoms with Gasteiger partial charge in [0.1, 0.15) is 17.2 Å². The van der Waals surface area contributed by atoms with Gasteiger partial charge in [-0.1, -0.05) is 48.5 Å². The van der Waals surface area contributed by atoms with Gasteiger partial charge in [0.25, 0.3) is 17.5 Å². The van der Waals surface area contributed by atoms with Gasteiger partial charge in [-0.25, -0.2) is 4.79 Å². The SMILES string of the molecule is CC(=O)Oc1cc2c(c3ccccc13)C(CCl)CN2C(=O)c1ccc(C(=O)N2CC(CCl)c3c2cc(OC(=O)Oc2ccc([N+](=O)[O-])cc2)c2ccccc32)s1. The van der Waals surface area contributed by atoms with Crippen molar-refractivity contribution in [1.82, 2.24) is 0 Å². The molecule has 2 amide bonds. The van der Waals surface area contributed by atoms with E-state index in [9.17, 15) is 29.3 Å². The average molecular weight is 811 g/mol. The first-order chi connectivity index (χ1) is 27.1. The third-order valence-corrected chi connectivity index (χ3v) is 11.6. The first-order valence-electron chi connectivity index (χ1n) is 17.4. The standard InChI is InChI=1S/C41H29Cl2N3O9S/c1-22(47)53-33-16-31-37(29-8-4-2-6-27(29)33)23(18-42)20-44(31)39(48)35-14-15-36(56-35)40(49)45-21-24(19-43)38-30-9-5-3-7-28(30)34(17-32(38)45)55-41(50)54-26-12-10-25(11-13-26)46(51)52/h2-17,23-24H,18-21H2,1H3. The molecule has 282 valence electrons. The molecule has 2 unspecified atom stereocenters. The van der Waals surface area contributed by atoms with Crippen LogP contribution in [-0.4, -0.2) is 53.7 Å². The Bertz CT molecular complexity index is 2610. The highest BCUT2D eigenvalue weighted by atomic mass is 35.5. The van der Waals surface area contributed by atoms with Crippen LogP contribution in [0.5, 0.6) is 17.2 Å². The van der Waals surface area contributed by atoms with Gasteiger partial charge in [-0.3, -0.25) is 24.5 Å². The highest BCUT2D eigenvalue weighted by Crippen LogP contribution is 2.48. The molecule has 0 bridgehead atoms. The van der Waals surface area contributed by atoms with Gasteiger partial charge in [0, 0.05) is 78.6 Å². The van der Waals surface area contributed by atoms with Gasteiger partial charge in [-0.05, 0) is 46.2 Å². The Balaban J connectivity index is 1.10. The molecule has 2 atom stereocenters. The summed E-state index contributed by atoms with van der Waals surface area (Å²) in [6, 6.07) is 26.2. The fraction of sp³-hybridized carbons (Fsp3) is 0.171. The van der Waals surface area contributed by atoms with Crippen molar-refractivity contribution in [3.63, 3.8) is 0 Å². The smallest absolute Gasteiger partial charge is 0.426 e. The Labute approximate surface area is 332 Å². The maximum atomic E-state index is 14.3. The number of amides is 2. The van der Waals surface area contributed by atoms with Crippen LogP contribution in [0.15, 0.2) is 97.1 Å². The average Bonchev–Trinajstić information content (AvgIpc) is 3.94. The molecule has 6 aromatic rings. The number of fused-ring (bicyclic) bond motifs is 6. The molecule has 0 N–H and O–H groups in total. The van der Waals surface area contributed by atoms with E-state index >= 15 is 0 Å². The molecule has 5 aromatic carbocycles. The zero-order valence-electron chi connectivity index (χ0n) is 29.4. The molecular weight excluding hydrogens is 781 g/mol. The summed E-state index contributed by atoms with van der Waals surface area (Å²) >= 11 is 14.0. The van der Waals surface area contributed by atoms with Crippen LogP contribution in [0.25, 0.3) is 21.5 Å². The van der Waals surface area contributed by atoms with E-state index in [-0.39, 0.29) is 59.1 Å². The number of nitro groups is 1. The fourth-order valence-electron chi connectivity index (χ4n) is 7.46. The van der Waals surface area contributed by atoms with Crippen molar-refractivity contribution in [2.45, 2.75) is 18.8 Å². The largest absolute Gasteiger partial charge is 0.519 e. The lowest BCUT2D eigenvalue weighted by Crippen LogP contribution is -2.30. The minimum atomic E-state index is -1.08. The number of thiophene rings is 1. The summed E-state index contributed by atoms with van der Waals surface area (Å²) in [7, 11) is 0. The van der Waals surface area contributed by atoms with Crippen LogP contribution >= 0.6 is 34.5 Å². The van der Waals surface area contributed by atoms with E-state index in [1.165, 1.54) is 31.2 Å². The Morgan fingerprint density at radius 3 is 1.61 bits per heavy atom. The molecular formula is C41H29Cl2N3O9S. The second-order valence-electron chi connectivity index (χ2n) is 13.2. The summed E-state index contributed by atoms with van der Waals surface area (Å²) in [5.74, 6) is -0.664. The van der Waals surface area contributed by atoms with E-state index in [0.29, 0.717) is 38.8 Å². The number of benzene rings is 5. The molecule has 56 heavy (non-hydrogen) atoms. The molecule has 12 nitrogen and oxygen atoms in total. The molecule has 3 heterocycles. The van der Waals surface area contributed by atoms with Crippen molar-refractivity contribution < 1.29 is 38.3 Å². The summed E-state index contributed by atoms with van der Waals surface area (Å²) in [5, 5.41) is 13.9. The number of ether oxygens (including phenoxy) is 3. The number of alkyl halides is 2. The van der Waals surface area contributed by atoms with Crippen LogP contribution in [0.4, 0.5) is 21.9 Å². The Morgan fingerprint density at radius 2 is 1.16 bits per heavy atom. The molecule has 2 aliphatic heterocycles. The van der Waals surface area contributed by atoms with Crippen LogP contribution < -0.4 is 24.0 Å². The van der Waals surface area contributed by atoms with Gasteiger partial charge in [-0.2, -0.15) is 0 Å². The molecule has 2 aliphatic rings. The molecule has 0 saturated heterocycles. The van der Waals surface area contributed by atoms with Gasteiger partial charge in [0.2, 0.25) is 0 Å². The second-order valence-corrected chi connectivity index (χ2v) is 14.9. The number of non-ortho nitro benzene ring substituents is 1. The quantitative estimate of drug-likeness (QED) is 0.0367. The van der Waals surface area contributed by atoms with Gasteiger partial charge < -0.3 is 24.0 Å². The Hall–Kier alpha value is -6.02. The van der Waals surface area contributed by atoms with Crippen LogP contribution in [-0.2, 0) is 4.79 Å². The predicted octanol–water partition coefficient (Wildman–Crippen LogP) is 9.43. The topological polar surface area (TPSA) is 146 Å². The monoisotopic (exact) mass is 809 g/mol. The number of hydrogen-bond donors (Lipinski definition) is 0. The van der Waals surface area contributed by atoms with Gasteiger partial charge in [0.05, 0.1) is 26.1 Å². The van der Waals surface area contributed by atoms with Gasteiger partial charge >= 0.3 is 12.1 Å². The summed E-state index contributed by atoms with van der Waals surface area (Å²) in [6.45, 7) is 1.85. The molecule has 0 saturated carbocycles. The summed E-state index contributed by atoms with van der Waals surface area (Å²) in [4.78, 5) is 67.8. The zero-order chi connectivity index (χ0) is 39.2. The zero-order valence-corrected chi connectivity index (χ0v) is 31.7. The normalized spacial score (nSPS) is 15.8. The molecule has 0 aliphatic carbocycles. The van der Waals surface area contributed by atoms with Crippen LogP contribution in [0.1, 0.15) is 49.2 Å². The van der Waals surface area contributed by atoms with Crippen molar-refractivity contribution in [2.75, 3.05) is 34.6 Å². The lowest BCUT2D eigenvalue weighted by atomic mass is 9.95. The van der Waals surface area contributed by atoms with Crippen molar-refractivity contribution in [1.29, 1.82) is 0 Å². The maximum Gasteiger partial charge on any atom is 0.519 e. The summed E-state index contributed by atoms with van der Waals surface area (Å²) in [5.41, 5.74) is 2.60. The first kappa shape index (κ1) is 36.9. The highest BCUT2D eigenvalue weighted by molar-refractivity contribution is 7.16. The molecule has 15 heteroatoms. The van der Waals surface area contributed by atoms with E-state index in [1.807, 2.05) is 36.4 Å². The number of hydrogen-bond acceptors (Lipinski definition) is 10. The molecule has 1 aromatic heterocycles. The lowest BCUT2D eigenvalue weighted by molar-refractivity contribution is -0.384. The van der Waals surface area contributed by atoms with E-state index in [2.05, 4.69) is 0 Å². The van der Waals surface area contributed by atoms with Gasteiger partial charge in [0.15, 0.2) is 0 Å². The molecule has 8 rings (SSSR count). The number of nitro benzene ring substituents is 1. The van der Waals surface area contributed by atoms with Gasteiger partial charge in [-0.15, -0.1) is 34.5 Å². The Kier molecular flexibility index (Phi) is 9.83. The van der Waals surface area contributed by atoms with E-state index < -0.39 is 17.0 Å².